The maximum absolute atomic E-state index is 11.6. The molecule has 2 N–H and O–H groups in total. The van der Waals surface area contributed by atoms with Gasteiger partial charge in [0.1, 0.15) is 16.5 Å². The van der Waals surface area contributed by atoms with Crippen LogP contribution in [0.2, 0.25) is 5.02 Å². The minimum Gasteiger partial charge on any atom is -0.494 e. The van der Waals surface area contributed by atoms with Gasteiger partial charge in [0.2, 0.25) is 17.7 Å². The van der Waals surface area contributed by atoms with Crippen molar-refractivity contribution in [1.82, 2.24) is 9.97 Å². The first kappa shape index (κ1) is 22.2. The van der Waals surface area contributed by atoms with Crippen LogP contribution in [0.15, 0.2) is 48.7 Å². The Hall–Kier alpha value is -3.52. The van der Waals surface area contributed by atoms with Gasteiger partial charge < -0.3 is 25.0 Å². The molecule has 1 amide bonds. The van der Waals surface area contributed by atoms with E-state index in [2.05, 4.69) is 20.6 Å². The van der Waals surface area contributed by atoms with Crippen molar-refractivity contribution in [2.24, 2.45) is 0 Å². The number of carbonyl (C=O) groups is 1. The summed E-state index contributed by atoms with van der Waals surface area (Å²) in [5.41, 5.74) is 2.32. The molecular weight excluding hydrogens is 418 g/mol. The summed E-state index contributed by atoms with van der Waals surface area (Å²) in [6.45, 7) is 1.79. The highest BCUT2D eigenvalue weighted by Gasteiger charge is 2.12. The molecule has 0 fully saturated rings. The Labute approximate surface area is 186 Å². The third-order valence-electron chi connectivity index (χ3n) is 4.31. The van der Waals surface area contributed by atoms with Crippen LogP contribution in [-0.2, 0) is 4.79 Å². The number of hydrogen-bond donors (Lipinski definition) is 2. The number of anilines is 4. The largest absolute Gasteiger partial charge is 0.494 e. The van der Waals surface area contributed by atoms with Crippen LogP contribution in [0.3, 0.4) is 0 Å². The van der Waals surface area contributed by atoms with E-state index in [1.165, 1.54) is 6.20 Å². The van der Waals surface area contributed by atoms with Crippen LogP contribution in [-0.4, -0.2) is 37.1 Å². The fourth-order valence-corrected chi connectivity index (χ4v) is 2.79. The number of carbonyl (C=O) groups excluding carboxylic acids is 1. The van der Waals surface area contributed by atoms with Crippen LogP contribution in [0.5, 0.6) is 17.4 Å². The van der Waals surface area contributed by atoms with Gasteiger partial charge in [-0.3, -0.25) is 4.79 Å². The number of methoxy groups -OCH3 is 1. The molecule has 0 spiro atoms. The van der Waals surface area contributed by atoms with E-state index in [-0.39, 0.29) is 16.8 Å². The zero-order valence-electron chi connectivity index (χ0n) is 17.8. The van der Waals surface area contributed by atoms with Crippen LogP contribution < -0.4 is 25.0 Å². The first-order valence-electron chi connectivity index (χ1n) is 9.62. The highest BCUT2D eigenvalue weighted by molar-refractivity contribution is 6.31. The zero-order valence-corrected chi connectivity index (χ0v) is 18.5. The molecule has 31 heavy (non-hydrogen) atoms. The monoisotopic (exact) mass is 441 g/mol. The Morgan fingerprint density at radius 2 is 2.00 bits per heavy atom. The Bertz CT molecular complexity index is 1070. The molecule has 0 saturated carbocycles. The summed E-state index contributed by atoms with van der Waals surface area (Å²) in [5.74, 6) is 1.52. The van der Waals surface area contributed by atoms with E-state index in [1.807, 2.05) is 37.2 Å². The average Bonchev–Trinajstić information content (AvgIpc) is 2.76. The second-order valence-electron chi connectivity index (χ2n) is 6.78. The highest BCUT2D eigenvalue weighted by Crippen LogP contribution is 2.33. The SMILES string of the molecule is CCC(=O)Nc1cccc(Oc2nc(Nc3ccc(N(C)C)cc3OC)ncc2Cl)c1. The summed E-state index contributed by atoms with van der Waals surface area (Å²) in [6, 6.07) is 12.7. The summed E-state index contributed by atoms with van der Waals surface area (Å²) in [4.78, 5) is 22.2. The van der Waals surface area contributed by atoms with Gasteiger partial charge in [0.05, 0.1) is 19.0 Å². The lowest BCUT2D eigenvalue weighted by molar-refractivity contribution is -0.115. The predicted octanol–water partition coefficient (Wildman–Crippen LogP) is 5.09. The second kappa shape index (κ2) is 9.99. The minimum atomic E-state index is -0.0852. The molecular formula is C22H24ClN5O3. The van der Waals surface area contributed by atoms with E-state index >= 15 is 0 Å². The third-order valence-corrected chi connectivity index (χ3v) is 4.57. The summed E-state index contributed by atoms with van der Waals surface area (Å²) >= 11 is 6.23. The molecule has 3 rings (SSSR count). The number of hydrogen-bond acceptors (Lipinski definition) is 7. The number of amides is 1. The number of nitrogens with one attached hydrogen (secondary N) is 2. The summed E-state index contributed by atoms with van der Waals surface area (Å²) in [5, 5.41) is 6.17. The van der Waals surface area contributed by atoms with Crippen LogP contribution >= 0.6 is 11.6 Å². The Balaban J connectivity index is 1.81. The fraction of sp³-hybridized carbons (Fsp3) is 0.227. The topological polar surface area (TPSA) is 88.6 Å². The smallest absolute Gasteiger partial charge is 0.243 e. The molecule has 2 aromatic carbocycles. The van der Waals surface area contributed by atoms with Crippen molar-refractivity contribution in [2.75, 3.05) is 36.7 Å². The molecule has 0 aliphatic rings. The van der Waals surface area contributed by atoms with Gasteiger partial charge in [-0.1, -0.05) is 24.6 Å². The van der Waals surface area contributed by atoms with Crippen molar-refractivity contribution in [2.45, 2.75) is 13.3 Å². The van der Waals surface area contributed by atoms with E-state index < -0.39 is 0 Å². The maximum atomic E-state index is 11.6. The lowest BCUT2D eigenvalue weighted by atomic mass is 10.2. The fourth-order valence-electron chi connectivity index (χ4n) is 2.66. The lowest BCUT2D eigenvalue weighted by Crippen LogP contribution is -2.09. The van der Waals surface area contributed by atoms with Crippen LogP contribution in [0.1, 0.15) is 13.3 Å². The van der Waals surface area contributed by atoms with Gasteiger partial charge in [0, 0.05) is 44.0 Å². The van der Waals surface area contributed by atoms with E-state index in [0.717, 1.165) is 5.69 Å². The Morgan fingerprint density at radius 3 is 2.71 bits per heavy atom. The van der Waals surface area contributed by atoms with Crippen molar-refractivity contribution < 1.29 is 14.3 Å². The minimum absolute atomic E-state index is 0.0852. The van der Waals surface area contributed by atoms with Crippen LogP contribution in [0, 0.1) is 0 Å². The lowest BCUT2D eigenvalue weighted by Gasteiger charge is -2.16. The molecule has 1 aromatic heterocycles. The number of halogens is 1. The Morgan fingerprint density at radius 1 is 1.19 bits per heavy atom. The van der Waals surface area contributed by atoms with Crippen molar-refractivity contribution in [1.29, 1.82) is 0 Å². The molecule has 0 unspecified atom stereocenters. The van der Waals surface area contributed by atoms with Gasteiger partial charge in [0.25, 0.3) is 0 Å². The van der Waals surface area contributed by atoms with Gasteiger partial charge in [-0.25, -0.2) is 4.98 Å². The number of rotatable bonds is 8. The van der Waals surface area contributed by atoms with Gasteiger partial charge in [-0.15, -0.1) is 0 Å². The molecule has 1 heterocycles. The average molecular weight is 442 g/mol. The second-order valence-corrected chi connectivity index (χ2v) is 7.19. The molecule has 0 radical (unpaired) electrons. The zero-order chi connectivity index (χ0) is 22.4. The molecule has 162 valence electrons. The summed E-state index contributed by atoms with van der Waals surface area (Å²) in [6.07, 6.45) is 1.84. The van der Waals surface area contributed by atoms with Gasteiger partial charge >= 0.3 is 0 Å². The van der Waals surface area contributed by atoms with E-state index in [0.29, 0.717) is 35.2 Å². The predicted molar refractivity (Wildman–Crippen MR) is 123 cm³/mol. The highest BCUT2D eigenvalue weighted by atomic mass is 35.5. The number of aromatic nitrogens is 2. The van der Waals surface area contributed by atoms with Crippen LogP contribution in [0.25, 0.3) is 0 Å². The number of nitrogens with zero attached hydrogens (tertiary/aromatic N) is 3. The third kappa shape index (κ3) is 5.76. The number of ether oxygens (including phenoxy) is 2. The Kier molecular flexibility index (Phi) is 7.15. The summed E-state index contributed by atoms with van der Waals surface area (Å²) in [7, 11) is 5.51. The summed E-state index contributed by atoms with van der Waals surface area (Å²) < 4.78 is 11.3. The standard InChI is InChI=1S/C22H24ClN5O3/c1-5-20(29)25-14-7-6-8-16(11-14)31-21-17(23)13-24-22(27-21)26-18-10-9-15(28(2)3)12-19(18)30-4/h6-13H,5H2,1-4H3,(H,25,29)(H,24,26,27). The van der Waals surface area contributed by atoms with Crippen LogP contribution in [0.4, 0.5) is 23.0 Å². The van der Waals surface area contributed by atoms with Crippen molar-refractivity contribution in [3.8, 4) is 17.4 Å². The first-order valence-corrected chi connectivity index (χ1v) is 10.00. The number of benzene rings is 2. The molecule has 0 atom stereocenters. The first-order chi connectivity index (χ1) is 14.9. The molecule has 3 aromatic rings. The molecule has 0 aliphatic carbocycles. The van der Waals surface area contributed by atoms with Crippen molar-refractivity contribution >= 4 is 40.5 Å². The van der Waals surface area contributed by atoms with Gasteiger partial charge in [0.15, 0.2) is 0 Å². The van der Waals surface area contributed by atoms with Gasteiger partial charge in [-0.2, -0.15) is 4.98 Å². The van der Waals surface area contributed by atoms with Crippen molar-refractivity contribution in [3.05, 3.63) is 53.7 Å². The molecule has 0 saturated heterocycles. The molecule has 8 nitrogen and oxygen atoms in total. The van der Waals surface area contributed by atoms with E-state index in [9.17, 15) is 4.79 Å². The maximum Gasteiger partial charge on any atom is 0.243 e. The molecule has 0 aliphatic heterocycles. The normalized spacial score (nSPS) is 10.4. The van der Waals surface area contributed by atoms with Crippen molar-refractivity contribution in [3.63, 3.8) is 0 Å². The molecule has 9 heteroatoms. The quantitative estimate of drug-likeness (QED) is 0.503. The van der Waals surface area contributed by atoms with E-state index in [1.54, 1.807) is 38.3 Å². The van der Waals surface area contributed by atoms with Gasteiger partial charge in [-0.05, 0) is 24.3 Å². The molecule has 0 bridgehead atoms. The van der Waals surface area contributed by atoms with E-state index in [4.69, 9.17) is 21.1 Å².